The third kappa shape index (κ3) is 3.50. The summed E-state index contributed by atoms with van der Waals surface area (Å²) in [4.78, 5) is 15.3. The second kappa shape index (κ2) is 7.42. The summed E-state index contributed by atoms with van der Waals surface area (Å²) < 4.78 is 8.69. The van der Waals surface area contributed by atoms with Crippen LogP contribution in [0.3, 0.4) is 0 Å². The van der Waals surface area contributed by atoms with Gasteiger partial charge in [-0.2, -0.15) is 10.2 Å². The predicted molar refractivity (Wildman–Crippen MR) is 105 cm³/mol. The minimum Gasteiger partial charge on any atom is -0.379 e. The number of aromatic nitrogens is 4. The van der Waals surface area contributed by atoms with Crippen LogP contribution in [0.2, 0.25) is 5.02 Å². The zero-order chi connectivity index (χ0) is 19.0. The third-order valence-corrected chi connectivity index (χ3v) is 5.24. The summed E-state index contributed by atoms with van der Waals surface area (Å²) >= 11 is 5.98. The fraction of sp³-hybridized carbons (Fsp3) is 0.421. The molecule has 3 aromatic rings. The topological polar surface area (TPSA) is 65.2 Å². The normalized spacial score (nSPS) is 15.5. The van der Waals surface area contributed by atoms with E-state index in [0.29, 0.717) is 17.1 Å². The predicted octanol–water partition coefficient (Wildman–Crippen LogP) is 2.18. The molecule has 0 atom stereocenters. The number of fused-ring (bicyclic) bond motifs is 1. The second-order valence-electron chi connectivity index (χ2n) is 6.76. The lowest BCUT2D eigenvalue weighted by molar-refractivity contribution is 0.0358. The van der Waals surface area contributed by atoms with Gasteiger partial charge in [0.15, 0.2) is 5.52 Å². The Morgan fingerprint density at radius 2 is 1.78 bits per heavy atom. The Balaban J connectivity index is 1.70. The molecule has 7 nitrogen and oxygen atoms in total. The van der Waals surface area contributed by atoms with Gasteiger partial charge in [0.25, 0.3) is 5.56 Å². The molecular formula is C19H22ClN5O2. The first kappa shape index (κ1) is 18.2. The van der Waals surface area contributed by atoms with Crippen LogP contribution in [0.4, 0.5) is 0 Å². The van der Waals surface area contributed by atoms with Crippen molar-refractivity contribution in [2.24, 2.45) is 0 Å². The maximum Gasteiger partial charge on any atom is 0.295 e. The number of ether oxygens (including phenoxy) is 1. The summed E-state index contributed by atoms with van der Waals surface area (Å²) in [5, 5.41) is 10.6. The van der Waals surface area contributed by atoms with E-state index in [9.17, 15) is 4.79 Å². The number of benzene rings is 1. The lowest BCUT2D eigenvalue weighted by Crippen LogP contribution is -2.39. The van der Waals surface area contributed by atoms with E-state index in [-0.39, 0.29) is 5.56 Å². The van der Waals surface area contributed by atoms with Gasteiger partial charge in [0.2, 0.25) is 0 Å². The molecule has 3 heterocycles. The molecule has 1 aliphatic rings. The average molecular weight is 388 g/mol. The summed E-state index contributed by atoms with van der Waals surface area (Å²) in [6.45, 7) is 8.46. The van der Waals surface area contributed by atoms with Gasteiger partial charge < -0.3 is 4.74 Å². The van der Waals surface area contributed by atoms with Crippen molar-refractivity contribution in [2.75, 3.05) is 32.8 Å². The lowest BCUT2D eigenvalue weighted by Gasteiger charge is -2.26. The first-order valence-corrected chi connectivity index (χ1v) is 9.45. The Morgan fingerprint density at radius 1 is 1.07 bits per heavy atom. The van der Waals surface area contributed by atoms with Crippen molar-refractivity contribution in [3.63, 3.8) is 0 Å². The largest absolute Gasteiger partial charge is 0.379 e. The zero-order valence-electron chi connectivity index (χ0n) is 15.5. The van der Waals surface area contributed by atoms with Gasteiger partial charge in [0.05, 0.1) is 42.2 Å². The van der Waals surface area contributed by atoms with Crippen molar-refractivity contribution in [3.8, 4) is 5.69 Å². The number of nitrogens with zero attached hydrogens (tertiary/aromatic N) is 5. The summed E-state index contributed by atoms with van der Waals surface area (Å²) in [6.07, 6.45) is 0. The van der Waals surface area contributed by atoms with E-state index < -0.39 is 0 Å². The number of hydrogen-bond donors (Lipinski definition) is 0. The highest BCUT2D eigenvalue weighted by atomic mass is 35.5. The molecule has 1 aromatic carbocycles. The van der Waals surface area contributed by atoms with Gasteiger partial charge in [-0.3, -0.25) is 9.69 Å². The van der Waals surface area contributed by atoms with E-state index >= 15 is 0 Å². The van der Waals surface area contributed by atoms with Gasteiger partial charge in [0, 0.05) is 24.7 Å². The molecule has 1 aliphatic heterocycles. The van der Waals surface area contributed by atoms with Crippen LogP contribution < -0.4 is 5.56 Å². The van der Waals surface area contributed by atoms with E-state index in [1.54, 1.807) is 4.68 Å². The molecule has 0 saturated carbocycles. The van der Waals surface area contributed by atoms with E-state index in [4.69, 9.17) is 16.3 Å². The van der Waals surface area contributed by atoms with Gasteiger partial charge in [-0.05, 0) is 38.1 Å². The second-order valence-corrected chi connectivity index (χ2v) is 7.20. The van der Waals surface area contributed by atoms with E-state index in [2.05, 4.69) is 15.1 Å². The molecule has 27 heavy (non-hydrogen) atoms. The molecular weight excluding hydrogens is 366 g/mol. The average Bonchev–Trinajstić information content (AvgIpc) is 3.03. The minimum atomic E-state index is -0.153. The zero-order valence-corrected chi connectivity index (χ0v) is 16.2. The van der Waals surface area contributed by atoms with Crippen LogP contribution in [0.15, 0.2) is 29.1 Å². The Labute approximate surface area is 162 Å². The fourth-order valence-electron chi connectivity index (χ4n) is 3.53. The van der Waals surface area contributed by atoms with E-state index in [1.807, 2.05) is 38.1 Å². The molecule has 0 radical (unpaired) electrons. The third-order valence-electron chi connectivity index (χ3n) is 4.99. The van der Waals surface area contributed by atoms with Crippen LogP contribution >= 0.6 is 11.6 Å². The van der Waals surface area contributed by atoms with Crippen LogP contribution in [0.1, 0.15) is 11.4 Å². The SMILES string of the molecule is Cc1nn(CCN2CCOCC2)c(=O)c2nn(-c3ccc(Cl)cc3)c(C)c12. The molecule has 1 fully saturated rings. The molecule has 0 amide bonds. The number of hydrogen-bond acceptors (Lipinski definition) is 5. The summed E-state index contributed by atoms with van der Waals surface area (Å²) in [6, 6.07) is 7.41. The number of rotatable bonds is 4. The van der Waals surface area contributed by atoms with Crippen molar-refractivity contribution in [2.45, 2.75) is 20.4 Å². The molecule has 0 aliphatic carbocycles. The number of aryl methyl sites for hydroxylation is 2. The quantitative estimate of drug-likeness (QED) is 0.686. The van der Waals surface area contributed by atoms with Crippen molar-refractivity contribution in [3.05, 3.63) is 51.0 Å². The highest BCUT2D eigenvalue weighted by Gasteiger charge is 2.18. The van der Waals surface area contributed by atoms with E-state index in [0.717, 1.165) is 55.3 Å². The Kier molecular flexibility index (Phi) is 4.99. The molecule has 0 N–H and O–H groups in total. The van der Waals surface area contributed by atoms with Crippen molar-refractivity contribution < 1.29 is 4.74 Å². The van der Waals surface area contributed by atoms with Crippen molar-refractivity contribution in [1.82, 2.24) is 24.5 Å². The van der Waals surface area contributed by atoms with Crippen molar-refractivity contribution in [1.29, 1.82) is 0 Å². The molecule has 4 rings (SSSR count). The molecule has 0 spiro atoms. The highest BCUT2D eigenvalue weighted by molar-refractivity contribution is 6.30. The van der Waals surface area contributed by atoms with Gasteiger partial charge in [-0.1, -0.05) is 11.6 Å². The van der Waals surface area contributed by atoms with Crippen LogP contribution in [-0.2, 0) is 11.3 Å². The van der Waals surface area contributed by atoms with Crippen LogP contribution in [-0.4, -0.2) is 57.3 Å². The first-order valence-electron chi connectivity index (χ1n) is 9.07. The lowest BCUT2D eigenvalue weighted by atomic mass is 10.2. The Bertz CT molecular complexity index is 1020. The summed E-state index contributed by atoms with van der Waals surface area (Å²) in [7, 11) is 0. The standard InChI is InChI=1S/C19H22ClN5O2/c1-13-17-14(2)25(16-5-3-15(20)4-6-16)22-18(17)19(26)24(21-13)8-7-23-9-11-27-12-10-23/h3-6H,7-12H2,1-2H3. The first-order chi connectivity index (χ1) is 13.0. The fourth-order valence-corrected chi connectivity index (χ4v) is 3.66. The van der Waals surface area contributed by atoms with Gasteiger partial charge >= 0.3 is 0 Å². The summed E-state index contributed by atoms with van der Waals surface area (Å²) in [5.74, 6) is 0. The highest BCUT2D eigenvalue weighted by Crippen LogP contribution is 2.22. The molecule has 142 valence electrons. The molecule has 8 heteroatoms. The van der Waals surface area contributed by atoms with Crippen molar-refractivity contribution >= 4 is 22.5 Å². The number of halogens is 1. The molecule has 0 bridgehead atoms. The van der Waals surface area contributed by atoms with E-state index in [1.165, 1.54) is 4.68 Å². The minimum absolute atomic E-state index is 0.153. The molecule has 1 saturated heterocycles. The Morgan fingerprint density at radius 3 is 2.48 bits per heavy atom. The Hall–Kier alpha value is -2.22. The van der Waals surface area contributed by atoms with Crippen LogP contribution in [0.5, 0.6) is 0 Å². The maximum absolute atomic E-state index is 13.0. The number of morpholine rings is 1. The monoisotopic (exact) mass is 387 g/mol. The molecule has 2 aromatic heterocycles. The van der Waals surface area contributed by atoms with Crippen LogP contribution in [0.25, 0.3) is 16.6 Å². The van der Waals surface area contributed by atoms with Gasteiger partial charge in [-0.15, -0.1) is 0 Å². The maximum atomic E-state index is 13.0. The summed E-state index contributed by atoms with van der Waals surface area (Å²) in [5.41, 5.74) is 2.88. The van der Waals surface area contributed by atoms with Gasteiger partial charge in [-0.25, -0.2) is 9.36 Å². The van der Waals surface area contributed by atoms with Crippen LogP contribution in [0, 0.1) is 13.8 Å². The molecule has 0 unspecified atom stereocenters. The van der Waals surface area contributed by atoms with Gasteiger partial charge in [0.1, 0.15) is 0 Å². The smallest absolute Gasteiger partial charge is 0.295 e.